The molecule has 3 N–H and O–H groups in total. The van der Waals surface area contributed by atoms with Gasteiger partial charge in [0.1, 0.15) is 11.5 Å². The van der Waals surface area contributed by atoms with Crippen LogP contribution in [0.1, 0.15) is 0 Å². The Kier molecular flexibility index (Phi) is 4.10. The smallest absolute Gasteiger partial charge is 0.123 e. The molecule has 1 atom stereocenters. The average molecular weight is 310 g/mol. The predicted molar refractivity (Wildman–Crippen MR) is 90.1 cm³/mol. The first-order valence-corrected chi connectivity index (χ1v) is 8.11. The van der Waals surface area contributed by atoms with Crippen LogP contribution in [0.4, 0.5) is 0 Å². The SMILES string of the molecule is Oc1ccc(O)c(-c2ccc(P(O)c3ccccc3)cc2)c1. The van der Waals surface area contributed by atoms with E-state index in [4.69, 9.17) is 0 Å². The highest BCUT2D eigenvalue weighted by atomic mass is 31.1. The average Bonchev–Trinajstić information content (AvgIpc) is 2.57. The van der Waals surface area contributed by atoms with Gasteiger partial charge < -0.3 is 15.1 Å². The van der Waals surface area contributed by atoms with Crippen LogP contribution in [0.15, 0.2) is 72.8 Å². The first-order valence-electron chi connectivity index (χ1n) is 6.81. The summed E-state index contributed by atoms with van der Waals surface area (Å²) in [4.78, 5) is 10.4. The van der Waals surface area contributed by atoms with E-state index in [0.29, 0.717) is 5.56 Å². The fourth-order valence-corrected chi connectivity index (χ4v) is 3.44. The Balaban J connectivity index is 1.91. The summed E-state index contributed by atoms with van der Waals surface area (Å²) < 4.78 is 0. The van der Waals surface area contributed by atoms with Gasteiger partial charge in [-0.2, -0.15) is 0 Å². The van der Waals surface area contributed by atoms with Gasteiger partial charge in [0, 0.05) is 16.2 Å². The highest BCUT2D eigenvalue weighted by molar-refractivity contribution is 7.67. The summed E-state index contributed by atoms with van der Waals surface area (Å²) in [6.45, 7) is 0. The van der Waals surface area contributed by atoms with Gasteiger partial charge in [-0.1, -0.05) is 54.6 Å². The second-order valence-corrected chi connectivity index (χ2v) is 6.55. The molecule has 0 heterocycles. The normalized spacial score (nSPS) is 12.0. The topological polar surface area (TPSA) is 60.7 Å². The molecule has 0 aromatic heterocycles. The van der Waals surface area contributed by atoms with Crippen LogP contribution < -0.4 is 10.6 Å². The number of phenols is 2. The summed E-state index contributed by atoms with van der Waals surface area (Å²) in [5, 5.41) is 21.2. The Morgan fingerprint density at radius 2 is 1.32 bits per heavy atom. The van der Waals surface area contributed by atoms with Gasteiger partial charge in [-0.3, -0.25) is 0 Å². The lowest BCUT2D eigenvalue weighted by Gasteiger charge is -2.12. The molecule has 0 spiro atoms. The molecule has 0 radical (unpaired) electrons. The molecule has 0 fully saturated rings. The zero-order valence-electron chi connectivity index (χ0n) is 11.7. The van der Waals surface area contributed by atoms with Crippen molar-refractivity contribution in [3.63, 3.8) is 0 Å². The van der Waals surface area contributed by atoms with E-state index in [-0.39, 0.29) is 11.5 Å². The number of aromatic hydroxyl groups is 2. The van der Waals surface area contributed by atoms with Crippen molar-refractivity contribution in [1.82, 2.24) is 0 Å². The summed E-state index contributed by atoms with van der Waals surface area (Å²) in [5.74, 6) is 0.213. The van der Waals surface area contributed by atoms with Gasteiger partial charge in [0.15, 0.2) is 0 Å². The van der Waals surface area contributed by atoms with Crippen molar-refractivity contribution in [3.05, 3.63) is 72.8 Å². The van der Waals surface area contributed by atoms with Gasteiger partial charge in [0.2, 0.25) is 0 Å². The number of phenolic OH excluding ortho intramolecular Hbond substituents is 2. The Morgan fingerprint density at radius 3 is 2.00 bits per heavy atom. The maximum Gasteiger partial charge on any atom is 0.123 e. The third-order valence-corrected chi connectivity index (χ3v) is 4.98. The van der Waals surface area contributed by atoms with Crippen LogP contribution >= 0.6 is 8.15 Å². The molecule has 110 valence electrons. The zero-order valence-corrected chi connectivity index (χ0v) is 12.6. The van der Waals surface area contributed by atoms with E-state index in [2.05, 4.69) is 0 Å². The maximum atomic E-state index is 10.4. The van der Waals surface area contributed by atoms with Crippen LogP contribution in [0.25, 0.3) is 11.1 Å². The molecule has 3 rings (SSSR count). The van der Waals surface area contributed by atoms with E-state index < -0.39 is 8.15 Å². The molecular weight excluding hydrogens is 295 g/mol. The van der Waals surface area contributed by atoms with E-state index in [1.807, 2.05) is 54.6 Å². The van der Waals surface area contributed by atoms with Crippen LogP contribution in [-0.2, 0) is 0 Å². The number of benzene rings is 3. The molecule has 0 aliphatic heterocycles. The van der Waals surface area contributed by atoms with E-state index in [9.17, 15) is 15.1 Å². The van der Waals surface area contributed by atoms with Gasteiger partial charge >= 0.3 is 0 Å². The Bertz CT molecular complexity index is 770. The molecule has 4 heteroatoms. The lowest BCUT2D eigenvalue weighted by molar-refractivity contribution is 0.462. The molecule has 0 saturated carbocycles. The van der Waals surface area contributed by atoms with Gasteiger partial charge in [-0.05, 0) is 23.8 Å². The summed E-state index contributed by atoms with van der Waals surface area (Å²) in [6, 6.07) is 21.3. The van der Waals surface area contributed by atoms with Crippen LogP contribution in [0, 0.1) is 0 Å². The van der Waals surface area contributed by atoms with E-state index >= 15 is 0 Å². The summed E-state index contributed by atoms with van der Waals surface area (Å²) in [7, 11) is -1.38. The van der Waals surface area contributed by atoms with Crippen LogP contribution in [0.5, 0.6) is 11.5 Å². The third-order valence-electron chi connectivity index (χ3n) is 3.40. The molecule has 0 bridgehead atoms. The first-order chi connectivity index (χ1) is 10.6. The van der Waals surface area contributed by atoms with Crippen molar-refractivity contribution in [2.75, 3.05) is 0 Å². The van der Waals surface area contributed by atoms with Crippen molar-refractivity contribution in [2.24, 2.45) is 0 Å². The fourth-order valence-electron chi connectivity index (χ4n) is 2.26. The molecule has 1 unspecified atom stereocenters. The highest BCUT2D eigenvalue weighted by Gasteiger charge is 2.11. The lowest BCUT2D eigenvalue weighted by Crippen LogP contribution is -2.10. The molecule has 3 nitrogen and oxygen atoms in total. The first kappa shape index (κ1) is 14.6. The van der Waals surface area contributed by atoms with Crippen molar-refractivity contribution in [2.45, 2.75) is 0 Å². The van der Waals surface area contributed by atoms with Crippen LogP contribution in [0.2, 0.25) is 0 Å². The highest BCUT2D eigenvalue weighted by Crippen LogP contribution is 2.33. The Hall–Kier alpha value is -2.35. The summed E-state index contributed by atoms with van der Waals surface area (Å²) in [5.41, 5.74) is 1.35. The van der Waals surface area contributed by atoms with Crippen LogP contribution in [0.3, 0.4) is 0 Å². The standard InChI is InChI=1S/C18H15O3P/c19-14-8-11-18(20)17(12-14)13-6-9-16(10-7-13)22(21)15-4-2-1-3-5-15/h1-12,19-21H. The van der Waals surface area contributed by atoms with E-state index in [1.54, 1.807) is 0 Å². The third kappa shape index (κ3) is 2.96. The second kappa shape index (κ2) is 6.18. The Morgan fingerprint density at radius 1 is 0.682 bits per heavy atom. The molecule has 0 saturated heterocycles. The predicted octanol–water partition coefficient (Wildman–Crippen LogP) is 3.10. The van der Waals surface area contributed by atoms with Gasteiger partial charge in [0.05, 0.1) is 8.15 Å². The molecule has 3 aromatic rings. The summed E-state index contributed by atoms with van der Waals surface area (Å²) in [6.07, 6.45) is 0. The molecule has 0 aliphatic rings. The minimum atomic E-state index is -1.38. The molecule has 22 heavy (non-hydrogen) atoms. The summed E-state index contributed by atoms with van der Waals surface area (Å²) >= 11 is 0. The molecule has 3 aromatic carbocycles. The Labute approximate surface area is 130 Å². The fraction of sp³-hybridized carbons (Fsp3) is 0. The molecule has 0 aliphatic carbocycles. The van der Waals surface area contributed by atoms with Crippen LogP contribution in [-0.4, -0.2) is 15.1 Å². The van der Waals surface area contributed by atoms with E-state index in [1.165, 1.54) is 18.2 Å². The van der Waals surface area contributed by atoms with Crippen molar-refractivity contribution < 1.29 is 15.1 Å². The number of hydrogen-bond acceptors (Lipinski definition) is 3. The van der Waals surface area contributed by atoms with Crippen molar-refractivity contribution in [1.29, 1.82) is 0 Å². The lowest BCUT2D eigenvalue weighted by atomic mass is 10.0. The molecule has 0 amide bonds. The van der Waals surface area contributed by atoms with E-state index in [0.717, 1.165) is 16.2 Å². The monoisotopic (exact) mass is 310 g/mol. The van der Waals surface area contributed by atoms with Gasteiger partial charge in [-0.15, -0.1) is 0 Å². The quantitative estimate of drug-likeness (QED) is 0.514. The minimum Gasteiger partial charge on any atom is -0.508 e. The minimum absolute atomic E-state index is 0.102. The van der Waals surface area contributed by atoms with Gasteiger partial charge in [0.25, 0.3) is 0 Å². The maximum absolute atomic E-state index is 10.4. The molecular formula is C18H15O3P. The largest absolute Gasteiger partial charge is 0.508 e. The van der Waals surface area contributed by atoms with Gasteiger partial charge in [-0.25, -0.2) is 0 Å². The number of rotatable bonds is 3. The second-order valence-electron chi connectivity index (χ2n) is 4.90. The number of hydrogen-bond donors (Lipinski definition) is 3. The zero-order chi connectivity index (χ0) is 15.5. The van der Waals surface area contributed by atoms with Crippen molar-refractivity contribution in [3.8, 4) is 22.6 Å². The van der Waals surface area contributed by atoms with Crippen molar-refractivity contribution >= 4 is 18.8 Å².